The number of anilines is 1. The maximum atomic E-state index is 14.2. The van der Waals surface area contributed by atoms with Crippen LogP contribution in [0.2, 0.25) is 0 Å². The zero-order valence-corrected chi connectivity index (χ0v) is 12.0. The molecule has 0 saturated carbocycles. The summed E-state index contributed by atoms with van der Waals surface area (Å²) >= 11 is 0. The summed E-state index contributed by atoms with van der Waals surface area (Å²) in [6.45, 7) is 1.85. The Morgan fingerprint density at radius 2 is 1.95 bits per heavy atom. The Kier molecular flexibility index (Phi) is 4.80. The standard InChI is InChI=1S/C14H14F2N2O2.ClH/c15-11-7-10(18-5-6-20-14(18)19)8-12(16)13(11)9-1-3-17-4-2-9;/h1,7-8,17H,2-6H2;1H. The Morgan fingerprint density at radius 1 is 1.24 bits per heavy atom. The minimum Gasteiger partial charge on any atom is -0.447 e. The average Bonchev–Trinajstić information content (AvgIpc) is 2.85. The second kappa shape index (κ2) is 6.41. The molecule has 7 heteroatoms. The van der Waals surface area contributed by atoms with Crippen LogP contribution in [0.5, 0.6) is 0 Å². The van der Waals surface area contributed by atoms with Crippen LogP contribution in [0.4, 0.5) is 19.3 Å². The molecule has 0 radical (unpaired) electrons. The van der Waals surface area contributed by atoms with Crippen LogP contribution >= 0.6 is 12.4 Å². The molecular formula is C14H15ClF2N2O2. The molecule has 114 valence electrons. The minimum atomic E-state index is -0.646. The maximum absolute atomic E-state index is 14.2. The highest BCUT2D eigenvalue weighted by Crippen LogP contribution is 2.30. The van der Waals surface area contributed by atoms with Gasteiger partial charge in [0, 0.05) is 12.1 Å². The molecule has 0 unspecified atom stereocenters. The predicted octanol–water partition coefficient (Wildman–Crippen LogP) is 2.72. The Morgan fingerprint density at radius 3 is 2.48 bits per heavy atom. The number of cyclic esters (lactones) is 1. The summed E-state index contributed by atoms with van der Waals surface area (Å²) in [5, 5.41) is 3.09. The van der Waals surface area contributed by atoms with Gasteiger partial charge in [0.1, 0.15) is 18.2 Å². The molecule has 0 spiro atoms. The van der Waals surface area contributed by atoms with Crippen molar-refractivity contribution in [3.8, 4) is 0 Å². The van der Waals surface area contributed by atoms with Crippen LogP contribution in [0.3, 0.4) is 0 Å². The molecule has 0 aromatic heterocycles. The van der Waals surface area contributed by atoms with Crippen LogP contribution in [0.15, 0.2) is 18.2 Å². The number of nitrogens with zero attached hydrogens (tertiary/aromatic N) is 1. The highest BCUT2D eigenvalue weighted by Gasteiger charge is 2.26. The summed E-state index contributed by atoms with van der Waals surface area (Å²) in [4.78, 5) is 12.7. The molecule has 3 rings (SSSR count). The van der Waals surface area contributed by atoms with Gasteiger partial charge in [-0.2, -0.15) is 0 Å². The molecule has 1 fully saturated rings. The Labute approximate surface area is 127 Å². The molecular weight excluding hydrogens is 302 g/mol. The first kappa shape index (κ1) is 15.7. The number of halogens is 3. The van der Waals surface area contributed by atoms with Crippen molar-refractivity contribution in [3.63, 3.8) is 0 Å². The number of amides is 1. The second-order valence-corrected chi connectivity index (χ2v) is 4.73. The number of hydrogen-bond donors (Lipinski definition) is 1. The lowest BCUT2D eigenvalue weighted by atomic mass is 9.98. The van der Waals surface area contributed by atoms with Gasteiger partial charge in [-0.05, 0) is 30.7 Å². The van der Waals surface area contributed by atoms with E-state index >= 15 is 0 Å². The fourth-order valence-electron chi connectivity index (χ4n) is 2.50. The van der Waals surface area contributed by atoms with E-state index < -0.39 is 17.7 Å². The van der Waals surface area contributed by atoms with E-state index in [1.54, 1.807) is 6.08 Å². The first-order chi connectivity index (χ1) is 9.66. The molecule has 2 heterocycles. The fraction of sp³-hybridized carbons (Fsp3) is 0.357. The number of hydrogen-bond acceptors (Lipinski definition) is 3. The number of benzene rings is 1. The molecule has 21 heavy (non-hydrogen) atoms. The molecule has 1 aromatic rings. The Bertz CT molecular complexity index is 569. The quantitative estimate of drug-likeness (QED) is 0.912. The van der Waals surface area contributed by atoms with Crippen LogP contribution in [-0.4, -0.2) is 32.3 Å². The summed E-state index contributed by atoms with van der Waals surface area (Å²) in [6, 6.07) is 2.38. The highest BCUT2D eigenvalue weighted by molar-refractivity contribution is 5.89. The van der Waals surface area contributed by atoms with Crippen molar-refractivity contribution in [2.75, 3.05) is 31.1 Å². The van der Waals surface area contributed by atoms with Gasteiger partial charge in [0.25, 0.3) is 0 Å². The van der Waals surface area contributed by atoms with E-state index in [-0.39, 0.29) is 30.3 Å². The molecule has 0 atom stereocenters. The van der Waals surface area contributed by atoms with E-state index in [0.29, 0.717) is 31.6 Å². The first-order valence-electron chi connectivity index (χ1n) is 6.50. The molecule has 1 amide bonds. The van der Waals surface area contributed by atoms with Crippen LogP contribution < -0.4 is 10.2 Å². The van der Waals surface area contributed by atoms with Gasteiger partial charge < -0.3 is 10.1 Å². The lowest BCUT2D eigenvalue weighted by molar-refractivity contribution is 0.181. The van der Waals surface area contributed by atoms with Crippen LogP contribution in [0, 0.1) is 11.6 Å². The molecule has 1 saturated heterocycles. The third-order valence-corrected chi connectivity index (χ3v) is 3.48. The van der Waals surface area contributed by atoms with Crippen molar-refractivity contribution in [2.45, 2.75) is 6.42 Å². The summed E-state index contributed by atoms with van der Waals surface area (Å²) in [5.74, 6) is -1.29. The minimum absolute atomic E-state index is 0. The van der Waals surface area contributed by atoms with Gasteiger partial charge in [-0.25, -0.2) is 13.6 Å². The summed E-state index contributed by atoms with van der Waals surface area (Å²) in [5.41, 5.74) is 0.859. The zero-order chi connectivity index (χ0) is 14.1. The summed E-state index contributed by atoms with van der Waals surface area (Å²) in [7, 11) is 0. The number of carbonyl (C=O) groups excluding carboxylic acids is 1. The third-order valence-electron chi connectivity index (χ3n) is 3.48. The predicted molar refractivity (Wildman–Crippen MR) is 77.8 cm³/mol. The van der Waals surface area contributed by atoms with Gasteiger partial charge in [-0.3, -0.25) is 4.90 Å². The van der Waals surface area contributed by atoms with E-state index in [2.05, 4.69) is 5.32 Å². The number of carbonyl (C=O) groups is 1. The molecule has 4 nitrogen and oxygen atoms in total. The zero-order valence-electron chi connectivity index (χ0n) is 11.2. The number of rotatable bonds is 2. The van der Waals surface area contributed by atoms with Crippen molar-refractivity contribution in [2.24, 2.45) is 0 Å². The molecule has 2 aliphatic heterocycles. The molecule has 1 aromatic carbocycles. The topological polar surface area (TPSA) is 41.6 Å². The molecule has 1 N–H and O–H groups in total. The lowest BCUT2D eigenvalue weighted by Crippen LogP contribution is -2.24. The Balaban J connectivity index is 0.00000161. The first-order valence-corrected chi connectivity index (χ1v) is 6.50. The SMILES string of the molecule is Cl.O=C1OCCN1c1cc(F)c(C2=CCNCC2)c(F)c1. The van der Waals surface area contributed by atoms with Crippen molar-refractivity contribution in [1.29, 1.82) is 0 Å². The second-order valence-electron chi connectivity index (χ2n) is 4.73. The fourth-order valence-corrected chi connectivity index (χ4v) is 2.50. The van der Waals surface area contributed by atoms with Crippen molar-refractivity contribution in [1.82, 2.24) is 5.32 Å². The summed E-state index contributed by atoms with van der Waals surface area (Å²) < 4.78 is 33.2. The average molecular weight is 317 g/mol. The van der Waals surface area contributed by atoms with E-state index in [1.165, 1.54) is 17.0 Å². The van der Waals surface area contributed by atoms with E-state index in [9.17, 15) is 13.6 Å². The maximum Gasteiger partial charge on any atom is 0.414 e. The van der Waals surface area contributed by atoms with Gasteiger partial charge in [-0.15, -0.1) is 12.4 Å². The summed E-state index contributed by atoms with van der Waals surface area (Å²) in [6.07, 6.45) is 1.80. The Hall–Kier alpha value is -1.66. The van der Waals surface area contributed by atoms with Crippen LogP contribution in [-0.2, 0) is 4.74 Å². The van der Waals surface area contributed by atoms with Gasteiger partial charge >= 0.3 is 6.09 Å². The highest BCUT2D eigenvalue weighted by atomic mass is 35.5. The number of ether oxygens (including phenoxy) is 1. The van der Waals surface area contributed by atoms with Crippen molar-refractivity contribution >= 4 is 29.8 Å². The third kappa shape index (κ3) is 3.01. The van der Waals surface area contributed by atoms with E-state index in [0.717, 1.165) is 0 Å². The van der Waals surface area contributed by atoms with Crippen molar-refractivity contribution < 1.29 is 18.3 Å². The lowest BCUT2D eigenvalue weighted by Gasteiger charge is -2.18. The molecule has 0 aliphatic carbocycles. The van der Waals surface area contributed by atoms with E-state index in [4.69, 9.17) is 4.74 Å². The van der Waals surface area contributed by atoms with Gasteiger partial charge in [0.2, 0.25) is 0 Å². The largest absolute Gasteiger partial charge is 0.447 e. The normalized spacial score (nSPS) is 18.1. The number of nitrogens with one attached hydrogen (secondary N) is 1. The molecule has 2 aliphatic rings. The van der Waals surface area contributed by atoms with Crippen LogP contribution in [0.1, 0.15) is 12.0 Å². The van der Waals surface area contributed by atoms with Gasteiger partial charge in [0.15, 0.2) is 0 Å². The van der Waals surface area contributed by atoms with Gasteiger partial charge in [-0.1, -0.05) is 6.08 Å². The monoisotopic (exact) mass is 316 g/mol. The smallest absolute Gasteiger partial charge is 0.414 e. The van der Waals surface area contributed by atoms with Gasteiger partial charge in [0.05, 0.1) is 12.2 Å². The van der Waals surface area contributed by atoms with Crippen LogP contribution in [0.25, 0.3) is 5.57 Å². The van der Waals surface area contributed by atoms with E-state index in [1.807, 2.05) is 0 Å². The van der Waals surface area contributed by atoms with Crippen molar-refractivity contribution in [3.05, 3.63) is 35.4 Å². The molecule has 0 bridgehead atoms.